The minimum absolute atomic E-state index is 0.00373. The molecule has 35 heavy (non-hydrogen) atoms. The number of aldehydes is 1. The van der Waals surface area contributed by atoms with Crippen molar-refractivity contribution in [3.05, 3.63) is 100 Å². The highest BCUT2D eigenvalue weighted by Gasteiger charge is 2.16. The number of nitrogens with one attached hydrogen (secondary N) is 1. The molecule has 1 aromatic heterocycles. The largest absolute Gasteiger partial charge is 0.396 e. The molecule has 0 aliphatic carbocycles. The standard InChI is InChI=1S/C28H28N4O3/c1-18-7-9-25(32-16-24(11-12-33)30-31-32)15-27(18)28(35)26-10-8-23(13-19(26)2)29-22-6-4-5-21(14-22)20(3)17-34/h4-10,13-17,20,29,33H,11-12H2,1-3H3. The maximum absolute atomic E-state index is 13.5. The first-order chi connectivity index (χ1) is 16.9. The number of aliphatic hydroxyl groups excluding tert-OH is 1. The number of aryl methyl sites for hydroxylation is 2. The van der Waals surface area contributed by atoms with Crippen LogP contribution in [-0.4, -0.2) is 38.8 Å². The molecular formula is C28H28N4O3. The number of benzene rings is 3. The van der Waals surface area contributed by atoms with Gasteiger partial charge >= 0.3 is 0 Å². The van der Waals surface area contributed by atoms with Gasteiger partial charge in [0.15, 0.2) is 5.78 Å². The highest BCUT2D eigenvalue weighted by molar-refractivity contribution is 6.11. The van der Waals surface area contributed by atoms with Crippen LogP contribution < -0.4 is 5.32 Å². The third-order valence-electron chi connectivity index (χ3n) is 6.02. The van der Waals surface area contributed by atoms with E-state index in [-0.39, 0.29) is 18.3 Å². The van der Waals surface area contributed by atoms with E-state index >= 15 is 0 Å². The molecule has 0 aliphatic rings. The van der Waals surface area contributed by atoms with Gasteiger partial charge in [-0.2, -0.15) is 0 Å². The van der Waals surface area contributed by atoms with Gasteiger partial charge in [-0.25, -0.2) is 4.68 Å². The van der Waals surface area contributed by atoms with E-state index in [2.05, 4.69) is 15.6 Å². The number of ketones is 1. The molecule has 178 valence electrons. The first-order valence-electron chi connectivity index (χ1n) is 11.5. The van der Waals surface area contributed by atoms with E-state index < -0.39 is 0 Å². The van der Waals surface area contributed by atoms with E-state index in [9.17, 15) is 9.59 Å². The number of rotatable bonds is 9. The van der Waals surface area contributed by atoms with Crippen molar-refractivity contribution < 1.29 is 14.7 Å². The van der Waals surface area contributed by atoms with E-state index in [1.54, 1.807) is 10.9 Å². The van der Waals surface area contributed by atoms with E-state index in [0.717, 1.165) is 40.0 Å². The van der Waals surface area contributed by atoms with E-state index in [0.29, 0.717) is 23.2 Å². The van der Waals surface area contributed by atoms with Gasteiger partial charge in [-0.3, -0.25) is 4.79 Å². The fourth-order valence-electron chi connectivity index (χ4n) is 3.94. The highest BCUT2D eigenvalue weighted by atomic mass is 16.3. The number of carbonyl (C=O) groups is 2. The van der Waals surface area contributed by atoms with Crippen molar-refractivity contribution in [1.29, 1.82) is 0 Å². The molecule has 7 heteroatoms. The molecule has 0 spiro atoms. The molecule has 7 nitrogen and oxygen atoms in total. The Bertz CT molecular complexity index is 1380. The molecule has 2 N–H and O–H groups in total. The highest BCUT2D eigenvalue weighted by Crippen LogP contribution is 2.25. The second kappa shape index (κ2) is 10.4. The molecule has 1 heterocycles. The molecule has 4 rings (SSSR count). The Balaban J connectivity index is 1.58. The molecule has 0 saturated carbocycles. The minimum atomic E-state index is -0.170. The quantitative estimate of drug-likeness (QED) is 0.273. The maximum atomic E-state index is 13.5. The van der Waals surface area contributed by atoms with Gasteiger partial charge in [-0.05, 0) is 73.0 Å². The summed E-state index contributed by atoms with van der Waals surface area (Å²) in [5.74, 6) is -0.234. The average molecular weight is 469 g/mol. The zero-order valence-electron chi connectivity index (χ0n) is 20.0. The summed E-state index contributed by atoms with van der Waals surface area (Å²) >= 11 is 0. The molecule has 0 fully saturated rings. The molecule has 1 unspecified atom stereocenters. The van der Waals surface area contributed by atoms with Crippen molar-refractivity contribution in [3.8, 4) is 5.69 Å². The smallest absolute Gasteiger partial charge is 0.193 e. The molecule has 3 aromatic carbocycles. The van der Waals surface area contributed by atoms with Crippen LogP contribution in [0.4, 0.5) is 11.4 Å². The van der Waals surface area contributed by atoms with Crippen molar-refractivity contribution in [2.24, 2.45) is 0 Å². The second-order valence-electron chi connectivity index (χ2n) is 8.66. The zero-order chi connectivity index (χ0) is 24.9. The molecule has 0 radical (unpaired) electrons. The van der Waals surface area contributed by atoms with Crippen LogP contribution in [0.25, 0.3) is 5.69 Å². The van der Waals surface area contributed by atoms with Crippen LogP contribution in [0.1, 0.15) is 51.1 Å². The summed E-state index contributed by atoms with van der Waals surface area (Å²) in [4.78, 5) is 24.6. The Morgan fingerprint density at radius 3 is 2.57 bits per heavy atom. The van der Waals surface area contributed by atoms with Crippen LogP contribution in [0, 0.1) is 13.8 Å². The SMILES string of the molecule is Cc1cc(Nc2cccc(C(C)C=O)c2)ccc1C(=O)c1cc(-n2cc(CCO)nn2)ccc1C. The lowest BCUT2D eigenvalue weighted by Gasteiger charge is -2.13. The second-order valence-corrected chi connectivity index (χ2v) is 8.66. The van der Waals surface area contributed by atoms with E-state index in [4.69, 9.17) is 5.11 Å². The minimum Gasteiger partial charge on any atom is -0.396 e. The normalized spacial score (nSPS) is 11.8. The summed E-state index contributed by atoms with van der Waals surface area (Å²) in [7, 11) is 0. The summed E-state index contributed by atoms with van der Waals surface area (Å²) in [6.45, 7) is 5.70. The number of aromatic nitrogens is 3. The molecule has 0 aliphatic heterocycles. The van der Waals surface area contributed by atoms with Gasteiger partial charge in [0.05, 0.1) is 17.6 Å². The number of carbonyl (C=O) groups excluding carboxylic acids is 2. The van der Waals surface area contributed by atoms with Crippen LogP contribution in [0.5, 0.6) is 0 Å². The van der Waals surface area contributed by atoms with E-state index in [1.165, 1.54) is 0 Å². The van der Waals surface area contributed by atoms with Crippen molar-refractivity contribution in [3.63, 3.8) is 0 Å². The van der Waals surface area contributed by atoms with Gasteiger partial charge in [0.25, 0.3) is 0 Å². The van der Waals surface area contributed by atoms with Gasteiger partial charge in [-0.15, -0.1) is 5.10 Å². The lowest BCUT2D eigenvalue weighted by molar-refractivity contribution is -0.108. The Morgan fingerprint density at radius 1 is 1.03 bits per heavy atom. The summed E-state index contributed by atoms with van der Waals surface area (Å²) < 4.78 is 1.61. The number of hydrogen-bond donors (Lipinski definition) is 2. The average Bonchev–Trinajstić information content (AvgIpc) is 3.32. The van der Waals surface area contributed by atoms with Gasteiger partial charge in [0, 0.05) is 41.4 Å². The Kier molecular flexibility index (Phi) is 7.17. The predicted octanol–water partition coefficient (Wildman–Crippen LogP) is 4.70. The lowest BCUT2D eigenvalue weighted by atomic mass is 9.95. The van der Waals surface area contributed by atoms with E-state index in [1.807, 2.05) is 81.4 Å². The van der Waals surface area contributed by atoms with Crippen LogP contribution in [0.2, 0.25) is 0 Å². The number of anilines is 2. The molecule has 0 saturated heterocycles. The molecule has 0 amide bonds. The fourth-order valence-corrected chi connectivity index (χ4v) is 3.94. The molecule has 0 bridgehead atoms. The summed E-state index contributed by atoms with van der Waals surface area (Å²) in [5.41, 5.74) is 7.05. The third kappa shape index (κ3) is 5.36. The maximum Gasteiger partial charge on any atom is 0.193 e. The van der Waals surface area contributed by atoms with Gasteiger partial charge < -0.3 is 15.2 Å². The third-order valence-corrected chi connectivity index (χ3v) is 6.02. The zero-order valence-corrected chi connectivity index (χ0v) is 20.0. The van der Waals surface area contributed by atoms with Crippen LogP contribution >= 0.6 is 0 Å². The predicted molar refractivity (Wildman–Crippen MR) is 136 cm³/mol. The summed E-state index contributed by atoms with van der Waals surface area (Å²) in [5, 5.41) is 20.6. The number of aliphatic hydroxyl groups is 1. The molecular weight excluding hydrogens is 440 g/mol. The van der Waals surface area contributed by atoms with Crippen molar-refractivity contribution in [1.82, 2.24) is 15.0 Å². The fraction of sp³-hybridized carbons (Fsp3) is 0.214. The first kappa shape index (κ1) is 24.0. The van der Waals surface area contributed by atoms with Crippen molar-refractivity contribution >= 4 is 23.4 Å². The van der Waals surface area contributed by atoms with Crippen LogP contribution in [0.3, 0.4) is 0 Å². The first-order valence-corrected chi connectivity index (χ1v) is 11.5. The Hall–Kier alpha value is -4.10. The van der Waals surface area contributed by atoms with Crippen molar-refractivity contribution in [2.75, 3.05) is 11.9 Å². The lowest BCUT2D eigenvalue weighted by Crippen LogP contribution is -2.08. The summed E-state index contributed by atoms with van der Waals surface area (Å²) in [6.07, 6.45) is 3.11. The van der Waals surface area contributed by atoms with Crippen LogP contribution in [0.15, 0.2) is 66.9 Å². The Labute approximate surface area is 204 Å². The monoisotopic (exact) mass is 468 g/mol. The van der Waals surface area contributed by atoms with Gasteiger partial charge in [0.2, 0.25) is 0 Å². The molecule has 1 atom stereocenters. The Morgan fingerprint density at radius 2 is 1.83 bits per heavy atom. The molecule has 4 aromatic rings. The number of nitrogens with zero attached hydrogens (tertiary/aromatic N) is 3. The summed E-state index contributed by atoms with van der Waals surface area (Å²) in [6, 6.07) is 19.0. The van der Waals surface area contributed by atoms with Crippen LogP contribution in [-0.2, 0) is 11.2 Å². The number of hydrogen-bond acceptors (Lipinski definition) is 6. The van der Waals surface area contributed by atoms with Gasteiger partial charge in [-0.1, -0.05) is 30.3 Å². The topological polar surface area (TPSA) is 97.1 Å². The van der Waals surface area contributed by atoms with Gasteiger partial charge in [0.1, 0.15) is 6.29 Å². The van der Waals surface area contributed by atoms with Crippen molar-refractivity contribution in [2.45, 2.75) is 33.1 Å².